The van der Waals surface area contributed by atoms with Crippen molar-refractivity contribution < 1.29 is 9.59 Å². The van der Waals surface area contributed by atoms with Crippen molar-refractivity contribution in [2.45, 2.75) is 24.8 Å². The van der Waals surface area contributed by atoms with Crippen molar-refractivity contribution >= 4 is 11.8 Å². The minimum atomic E-state index is -0.807. The van der Waals surface area contributed by atoms with Gasteiger partial charge in [-0.3, -0.25) is 9.59 Å². The Labute approximate surface area is 111 Å². The van der Waals surface area contributed by atoms with E-state index in [0.717, 1.165) is 0 Å². The summed E-state index contributed by atoms with van der Waals surface area (Å²) in [5.41, 5.74) is 0.683. The number of rotatable bonds is 3. The Balaban J connectivity index is 1.98. The summed E-state index contributed by atoms with van der Waals surface area (Å²) in [5.74, 6) is -1.11. The number of benzene rings is 1. The molecule has 0 aliphatic carbocycles. The lowest BCUT2D eigenvalue weighted by atomic mass is 9.98. The van der Waals surface area contributed by atoms with Crippen LogP contribution in [-0.4, -0.2) is 24.4 Å². The van der Waals surface area contributed by atoms with E-state index in [2.05, 4.69) is 10.6 Å². The van der Waals surface area contributed by atoms with Crippen molar-refractivity contribution in [2.24, 2.45) is 0 Å². The first kappa shape index (κ1) is 13.1. The van der Waals surface area contributed by atoms with Crippen molar-refractivity contribution in [3.63, 3.8) is 0 Å². The maximum atomic E-state index is 12.1. The molecule has 0 radical (unpaired) electrons. The van der Waals surface area contributed by atoms with Gasteiger partial charge < -0.3 is 10.6 Å². The van der Waals surface area contributed by atoms with Crippen LogP contribution in [0.15, 0.2) is 30.3 Å². The lowest BCUT2D eigenvalue weighted by molar-refractivity contribution is -0.125. The third-order valence-corrected chi connectivity index (χ3v) is 3.14. The van der Waals surface area contributed by atoms with E-state index >= 15 is 0 Å². The molecule has 2 amide bonds. The van der Waals surface area contributed by atoms with Gasteiger partial charge in [0.2, 0.25) is 11.8 Å². The van der Waals surface area contributed by atoms with Crippen LogP contribution in [0.1, 0.15) is 24.3 Å². The van der Waals surface area contributed by atoms with Gasteiger partial charge in [-0.25, -0.2) is 0 Å². The molecule has 1 aliphatic heterocycles. The molecular weight excluding hydrogens is 242 g/mol. The quantitative estimate of drug-likeness (QED) is 0.835. The fourth-order valence-corrected chi connectivity index (χ4v) is 2.07. The molecule has 1 aromatic rings. The van der Waals surface area contributed by atoms with Gasteiger partial charge in [0, 0.05) is 19.0 Å². The third-order valence-electron chi connectivity index (χ3n) is 3.14. The van der Waals surface area contributed by atoms with Gasteiger partial charge in [-0.2, -0.15) is 5.26 Å². The zero-order valence-corrected chi connectivity index (χ0v) is 10.4. The van der Waals surface area contributed by atoms with Crippen LogP contribution in [0, 0.1) is 11.3 Å². The van der Waals surface area contributed by atoms with Crippen molar-refractivity contribution in [3.05, 3.63) is 35.9 Å². The molecule has 2 unspecified atom stereocenters. The highest BCUT2D eigenvalue weighted by Crippen LogP contribution is 2.15. The predicted molar refractivity (Wildman–Crippen MR) is 69.0 cm³/mol. The molecule has 1 aromatic carbocycles. The number of nitrogens with one attached hydrogen (secondary N) is 2. The summed E-state index contributed by atoms with van der Waals surface area (Å²) in [6.45, 7) is 0.428. The molecule has 19 heavy (non-hydrogen) atoms. The number of nitrogens with zero attached hydrogens (tertiary/aromatic N) is 1. The van der Waals surface area contributed by atoms with Crippen molar-refractivity contribution in [1.82, 2.24) is 10.6 Å². The Bertz CT molecular complexity index is 497. The Morgan fingerprint density at radius 2 is 2.16 bits per heavy atom. The molecule has 2 atom stereocenters. The van der Waals surface area contributed by atoms with Crippen molar-refractivity contribution in [3.8, 4) is 6.07 Å². The standard InChI is InChI=1S/C14H15N3O2/c15-8-12(10-4-2-1-3-5-10)14(19)17-11-6-7-13(18)16-9-11/h1-5,11-12H,6-7,9H2,(H,16,18)(H,17,19). The average Bonchev–Trinajstić information content (AvgIpc) is 2.43. The lowest BCUT2D eigenvalue weighted by Gasteiger charge is -2.24. The molecule has 98 valence electrons. The van der Waals surface area contributed by atoms with E-state index in [4.69, 9.17) is 5.26 Å². The molecule has 2 N–H and O–H groups in total. The van der Waals surface area contributed by atoms with Gasteiger partial charge in [0.25, 0.3) is 0 Å². The molecule has 5 nitrogen and oxygen atoms in total. The Morgan fingerprint density at radius 3 is 2.74 bits per heavy atom. The summed E-state index contributed by atoms with van der Waals surface area (Å²) in [4.78, 5) is 23.1. The second kappa shape index (κ2) is 6.01. The molecule has 0 aromatic heterocycles. The lowest BCUT2D eigenvalue weighted by Crippen LogP contribution is -2.48. The van der Waals surface area contributed by atoms with Gasteiger partial charge in [-0.1, -0.05) is 30.3 Å². The number of hydrogen-bond donors (Lipinski definition) is 2. The number of amides is 2. The van der Waals surface area contributed by atoms with E-state index in [9.17, 15) is 9.59 Å². The molecule has 0 saturated carbocycles. The van der Waals surface area contributed by atoms with Crippen LogP contribution in [0.3, 0.4) is 0 Å². The van der Waals surface area contributed by atoms with E-state index in [-0.39, 0.29) is 17.9 Å². The minimum absolute atomic E-state index is 0.00499. The zero-order chi connectivity index (χ0) is 13.7. The highest BCUT2D eigenvalue weighted by molar-refractivity contribution is 5.87. The molecule has 1 aliphatic rings. The molecule has 2 rings (SSSR count). The zero-order valence-electron chi connectivity index (χ0n) is 10.4. The Hall–Kier alpha value is -2.35. The van der Waals surface area contributed by atoms with Gasteiger partial charge in [0.1, 0.15) is 5.92 Å². The maximum Gasteiger partial charge on any atom is 0.242 e. The second-order valence-electron chi connectivity index (χ2n) is 4.52. The summed E-state index contributed by atoms with van der Waals surface area (Å²) >= 11 is 0. The van der Waals surface area contributed by atoms with E-state index in [0.29, 0.717) is 24.9 Å². The summed E-state index contributed by atoms with van der Waals surface area (Å²) in [6.07, 6.45) is 1.03. The van der Waals surface area contributed by atoms with E-state index in [1.807, 2.05) is 12.1 Å². The third kappa shape index (κ3) is 3.32. The summed E-state index contributed by atoms with van der Waals surface area (Å²) in [6, 6.07) is 10.9. The molecule has 1 heterocycles. The topological polar surface area (TPSA) is 82.0 Å². The predicted octanol–water partition coefficient (Wildman–Crippen LogP) is 0.689. The Morgan fingerprint density at radius 1 is 1.42 bits per heavy atom. The van der Waals surface area contributed by atoms with Crippen LogP contribution in [0.25, 0.3) is 0 Å². The number of nitriles is 1. The Kier molecular flexibility index (Phi) is 4.14. The number of piperidine rings is 1. The highest BCUT2D eigenvalue weighted by atomic mass is 16.2. The molecule has 0 spiro atoms. The number of hydrogen-bond acceptors (Lipinski definition) is 3. The van der Waals surface area contributed by atoms with Gasteiger partial charge in [-0.05, 0) is 12.0 Å². The van der Waals surface area contributed by atoms with Crippen LogP contribution in [-0.2, 0) is 9.59 Å². The summed E-state index contributed by atoms with van der Waals surface area (Å²) in [5, 5.41) is 14.7. The van der Waals surface area contributed by atoms with Crippen LogP contribution < -0.4 is 10.6 Å². The second-order valence-corrected chi connectivity index (χ2v) is 4.52. The first-order chi connectivity index (χ1) is 9.20. The number of carbonyl (C=O) groups is 2. The van der Waals surface area contributed by atoms with Crippen LogP contribution >= 0.6 is 0 Å². The van der Waals surface area contributed by atoms with Gasteiger partial charge >= 0.3 is 0 Å². The molecule has 0 bridgehead atoms. The van der Waals surface area contributed by atoms with Crippen LogP contribution in [0.2, 0.25) is 0 Å². The minimum Gasteiger partial charge on any atom is -0.354 e. The normalized spacial score (nSPS) is 19.9. The molecule has 5 heteroatoms. The fourth-order valence-electron chi connectivity index (χ4n) is 2.07. The number of carbonyl (C=O) groups excluding carboxylic acids is 2. The molecular formula is C14H15N3O2. The van der Waals surface area contributed by atoms with Gasteiger partial charge in [0.05, 0.1) is 6.07 Å². The monoisotopic (exact) mass is 257 g/mol. The van der Waals surface area contributed by atoms with Crippen LogP contribution in [0.5, 0.6) is 0 Å². The largest absolute Gasteiger partial charge is 0.354 e. The first-order valence-corrected chi connectivity index (χ1v) is 6.22. The van der Waals surface area contributed by atoms with E-state index in [1.54, 1.807) is 24.3 Å². The van der Waals surface area contributed by atoms with Crippen LogP contribution in [0.4, 0.5) is 0 Å². The molecule has 1 fully saturated rings. The van der Waals surface area contributed by atoms with Gasteiger partial charge in [-0.15, -0.1) is 0 Å². The molecule has 1 saturated heterocycles. The van der Waals surface area contributed by atoms with E-state index in [1.165, 1.54) is 0 Å². The summed E-state index contributed by atoms with van der Waals surface area (Å²) in [7, 11) is 0. The van der Waals surface area contributed by atoms with Crippen molar-refractivity contribution in [1.29, 1.82) is 5.26 Å². The van der Waals surface area contributed by atoms with Gasteiger partial charge in [0.15, 0.2) is 0 Å². The maximum absolute atomic E-state index is 12.1. The smallest absolute Gasteiger partial charge is 0.242 e. The highest BCUT2D eigenvalue weighted by Gasteiger charge is 2.25. The van der Waals surface area contributed by atoms with E-state index < -0.39 is 5.92 Å². The SMILES string of the molecule is N#CC(C(=O)NC1CCC(=O)NC1)c1ccccc1. The first-order valence-electron chi connectivity index (χ1n) is 6.22. The summed E-state index contributed by atoms with van der Waals surface area (Å²) < 4.78 is 0. The average molecular weight is 257 g/mol. The van der Waals surface area contributed by atoms with Crippen molar-refractivity contribution in [2.75, 3.05) is 6.54 Å². The fraction of sp³-hybridized carbons (Fsp3) is 0.357.